The Bertz CT molecular complexity index is 461. The van der Waals surface area contributed by atoms with E-state index in [0.29, 0.717) is 24.6 Å². The number of hydrogen-bond donors (Lipinski definition) is 2. The minimum atomic E-state index is -0.168. The van der Waals surface area contributed by atoms with Crippen molar-refractivity contribution < 1.29 is 14.6 Å². The summed E-state index contributed by atoms with van der Waals surface area (Å²) in [6, 6.07) is 7.56. The zero-order valence-electron chi connectivity index (χ0n) is 12.5. The lowest BCUT2D eigenvalue weighted by molar-refractivity contribution is 0.185. The van der Waals surface area contributed by atoms with Gasteiger partial charge in [-0.25, -0.2) is 4.79 Å². The number of ether oxygens (including phenoxy) is 1. The number of benzene rings is 1. The summed E-state index contributed by atoms with van der Waals surface area (Å²) in [5.41, 5.74) is 0.683. The second-order valence-electron chi connectivity index (χ2n) is 5.28. The Morgan fingerprint density at radius 2 is 2.19 bits per heavy atom. The molecule has 5 heteroatoms. The first kappa shape index (κ1) is 15.6. The molecule has 0 saturated heterocycles. The van der Waals surface area contributed by atoms with Crippen molar-refractivity contribution in [3.63, 3.8) is 0 Å². The van der Waals surface area contributed by atoms with E-state index in [2.05, 4.69) is 12.2 Å². The molecule has 1 saturated carbocycles. The summed E-state index contributed by atoms with van der Waals surface area (Å²) >= 11 is 0. The Morgan fingerprint density at radius 3 is 2.86 bits per heavy atom. The monoisotopic (exact) mass is 292 g/mol. The highest BCUT2D eigenvalue weighted by molar-refractivity contribution is 5.91. The van der Waals surface area contributed by atoms with Crippen molar-refractivity contribution in [2.45, 2.75) is 38.6 Å². The first-order valence-corrected chi connectivity index (χ1v) is 7.66. The number of carbonyl (C=O) groups is 1. The summed E-state index contributed by atoms with van der Waals surface area (Å²) in [5.74, 6) is 0.694. The molecule has 2 amide bonds. The van der Waals surface area contributed by atoms with Crippen LogP contribution >= 0.6 is 0 Å². The topological polar surface area (TPSA) is 61.8 Å². The zero-order valence-corrected chi connectivity index (χ0v) is 12.5. The molecular formula is C16H24N2O3. The fourth-order valence-electron chi connectivity index (χ4n) is 2.15. The van der Waals surface area contributed by atoms with Crippen molar-refractivity contribution in [1.82, 2.24) is 4.90 Å². The Balaban J connectivity index is 1.98. The number of carbonyl (C=O) groups excluding carboxylic acids is 1. The number of urea groups is 1. The lowest BCUT2D eigenvalue weighted by Gasteiger charge is -2.22. The number of hydrogen-bond acceptors (Lipinski definition) is 3. The number of unbranched alkanes of at least 4 members (excludes halogenated alkanes) is 1. The smallest absolute Gasteiger partial charge is 0.322 e. The third-order valence-corrected chi connectivity index (χ3v) is 3.47. The molecule has 116 valence electrons. The number of anilines is 1. The molecule has 1 fully saturated rings. The molecule has 0 heterocycles. The van der Waals surface area contributed by atoms with Crippen LogP contribution in [-0.2, 0) is 0 Å². The minimum absolute atomic E-state index is 0.0153. The Labute approximate surface area is 125 Å². The van der Waals surface area contributed by atoms with E-state index in [1.54, 1.807) is 4.90 Å². The van der Waals surface area contributed by atoms with Gasteiger partial charge in [0.15, 0.2) is 0 Å². The Morgan fingerprint density at radius 1 is 1.43 bits per heavy atom. The summed E-state index contributed by atoms with van der Waals surface area (Å²) in [6.45, 7) is 3.11. The molecule has 1 aromatic rings. The molecule has 0 spiro atoms. The highest BCUT2D eigenvalue weighted by Gasteiger charge is 2.32. The van der Waals surface area contributed by atoms with Gasteiger partial charge in [0.2, 0.25) is 0 Å². The molecule has 2 rings (SSSR count). The first-order valence-electron chi connectivity index (χ1n) is 7.66. The number of rotatable bonds is 8. The molecule has 0 atom stereocenters. The maximum absolute atomic E-state index is 12.3. The predicted octanol–water partition coefficient (Wildman–Crippen LogP) is 2.85. The van der Waals surface area contributed by atoms with E-state index in [1.165, 1.54) is 0 Å². The van der Waals surface area contributed by atoms with Crippen LogP contribution in [0.1, 0.15) is 32.6 Å². The Hall–Kier alpha value is -1.75. The van der Waals surface area contributed by atoms with E-state index in [9.17, 15) is 4.79 Å². The summed E-state index contributed by atoms with van der Waals surface area (Å²) in [4.78, 5) is 14.0. The van der Waals surface area contributed by atoms with Crippen molar-refractivity contribution in [1.29, 1.82) is 0 Å². The van der Waals surface area contributed by atoms with E-state index < -0.39 is 0 Å². The third kappa shape index (κ3) is 4.63. The molecule has 1 aliphatic rings. The number of aliphatic hydroxyl groups is 1. The van der Waals surface area contributed by atoms with Crippen molar-refractivity contribution in [2.75, 3.05) is 25.1 Å². The molecule has 0 bridgehead atoms. The molecule has 0 radical (unpaired) electrons. The number of amides is 2. The van der Waals surface area contributed by atoms with Crippen LogP contribution < -0.4 is 10.1 Å². The van der Waals surface area contributed by atoms with Gasteiger partial charge in [-0.3, -0.25) is 0 Å². The maximum atomic E-state index is 12.3. The number of para-hydroxylation sites is 2. The average molecular weight is 292 g/mol. The van der Waals surface area contributed by atoms with E-state index >= 15 is 0 Å². The van der Waals surface area contributed by atoms with Crippen LogP contribution in [0.4, 0.5) is 10.5 Å². The highest BCUT2D eigenvalue weighted by atomic mass is 16.5. The minimum Gasteiger partial charge on any atom is -0.491 e. The predicted molar refractivity (Wildman–Crippen MR) is 82.7 cm³/mol. The van der Waals surface area contributed by atoms with Gasteiger partial charge in [-0.1, -0.05) is 25.5 Å². The normalized spacial score (nSPS) is 13.8. The van der Waals surface area contributed by atoms with Crippen LogP contribution in [0.2, 0.25) is 0 Å². The van der Waals surface area contributed by atoms with Gasteiger partial charge in [0.05, 0.1) is 18.9 Å². The number of aliphatic hydroxyl groups excluding tert-OH is 1. The van der Waals surface area contributed by atoms with Gasteiger partial charge in [0, 0.05) is 12.6 Å². The van der Waals surface area contributed by atoms with Gasteiger partial charge < -0.3 is 20.1 Å². The lowest BCUT2D eigenvalue weighted by atomic mass is 10.3. The first-order chi connectivity index (χ1) is 10.3. The molecule has 0 unspecified atom stereocenters. The van der Waals surface area contributed by atoms with E-state index in [4.69, 9.17) is 9.84 Å². The fourth-order valence-corrected chi connectivity index (χ4v) is 2.15. The van der Waals surface area contributed by atoms with Crippen LogP contribution in [0.15, 0.2) is 24.3 Å². The Kier molecular flexibility index (Phi) is 5.87. The standard InChI is InChI=1S/C16H24N2O3/c1-2-3-12-21-15-7-5-4-6-14(15)17-16(20)18(10-11-19)13-8-9-13/h4-7,13,19H,2-3,8-12H2,1H3,(H,17,20). The molecular weight excluding hydrogens is 268 g/mol. The number of nitrogens with zero attached hydrogens (tertiary/aromatic N) is 1. The molecule has 0 aliphatic heterocycles. The highest BCUT2D eigenvalue weighted by Crippen LogP contribution is 2.29. The van der Waals surface area contributed by atoms with Crippen LogP contribution in [0, 0.1) is 0 Å². The SMILES string of the molecule is CCCCOc1ccccc1NC(=O)N(CCO)C1CC1. The third-order valence-electron chi connectivity index (χ3n) is 3.47. The molecule has 0 aromatic heterocycles. The van der Waals surface area contributed by atoms with Crippen molar-refractivity contribution in [3.05, 3.63) is 24.3 Å². The van der Waals surface area contributed by atoms with Crippen LogP contribution in [-0.4, -0.2) is 41.8 Å². The largest absolute Gasteiger partial charge is 0.491 e. The van der Waals surface area contributed by atoms with E-state index in [1.807, 2.05) is 24.3 Å². The van der Waals surface area contributed by atoms with Gasteiger partial charge in [0.1, 0.15) is 5.75 Å². The van der Waals surface area contributed by atoms with Gasteiger partial charge in [-0.15, -0.1) is 0 Å². The molecule has 21 heavy (non-hydrogen) atoms. The summed E-state index contributed by atoms with van der Waals surface area (Å²) in [7, 11) is 0. The lowest BCUT2D eigenvalue weighted by Crippen LogP contribution is -2.38. The molecule has 2 N–H and O–H groups in total. The van der Waals surface area contributed by atoms with Gasteiger partial charge >= 0.3 is 6.03 Å². The quantitative estimate of drug-likeness (QED) is 0.724. The summed E-state index contributed by atoms with van der Waals surface area (Å²) in [5, 5.41) is 12.0. The van der Waals surface area contributed by atoms with Crippen molar-refractivity contribution in [2.24, 2.45) is 0 Å². The van der Waals surface area contributed by atoms with E-state index in [-0.39, 0.29) is 18.7 Å². The van der Waals surface area contributed by atoms with Crippen LogP contribution in [0.3, 0.4) is 0 Å². The summed E-state index contributed by atoms with van der Waals surface area (Å²) < 4.78 is 5.71. The summed E-state index contributed by atoms with van der Waals surface area (Å²) in [6.07, 6.45) is 4.09. The van der Waals surface area contributed by atoms with E-state index in [0.717, 1.165) is 25.7 Å². The molecule has 1 aromatic carbocycles. The van der Waals surface area contributed by atoms with Gasteiger partial charge in [-0.05, 0) is 31.4 Å². The average Bonchev–Trinajstić information content (AvgIpc) is 3.31. The zero-order chi connectivity index (χ0) is 15.1. The van der Waals surface area contributed by atoms with Crippen molar-refractivity contribution >= 4 is 11.7 Å². The second kappa shape index (κ2) is 7.88. The molecule has 1 aliphatic carbocycles. The van der Waals surface area contributed by atoms with Gasteiger partial charge in [-0.2, -0.15) is 0 Å². The maximum Gasteiger partial charge on any atom is 0.322 e. The van der Waals surface area contributed by atoms with Crippen LogP contribution in [0.25, 0.3) is 0 Å². The van der Waals surface area contributed by atoms with Crippen molar-refractivity contribution in [3.8, 4) is 5.75 Å². The van der Waals surface area contributed by atoms with Gasteiger partial charge in [0.25, 0.3) is 0 Å². The fraction of sp³-hybridized carbons (Fsp3) is 0.562. The molecule has 5 nitrogen and oxygen atoms in total. The number of nitrogens with one attached hydrogen (secondary N) is 1. The van der Waals surface area contributed by atoms with Crippen LogP contribution in [0.5, 0.6) is 5.75 Å². The second-order valence-corrected chi connectivity index (χ2v) is 5.28.